The van der Waals surface area contributed by atoms with Gasteiger partial charge in [-0.3, -0.25) is 4.99 Å². The molecule has 3 N–H and O–H groups in total. The number of ether oxygens (including phenoxy) is 1. The normalized spacial score (nSPS) is 19.4. The Morgan fingerprint density at radius 1 is 1.21 bits per heavy atom. The predicted molar refractivity (Wildman–Crippen MR) is 117 cm³/mol. The van der Waals surface area contributed by atoms with Crippen molar-refractivity contribution in [3.8, 4) is 5.75 Å². The summed E-state index contributed by atoms with van der Waals surface area (Å²) in [5, 5.41) is 3.35. The van der Waals surface area contributed by atoms with Crippen LogP contribution in [0.1, 0.15) is 30.4 Å². The van der Waals surface area contributed by atoms with Gasteiger partial charge in [0, 0.05) is 37.1 Å². The Balaban J connectivity index is 1.35. The first-order chi connectivity index (χ1) is 13.7. The maximum Gasteiger partial charge on any atom is 0.193 e. The van der Waals surface area contributed by atoms with Gasteiger partial charge in [0.25, 0.3) is 0 Å². The van der Waals surface area contributed by atoms with Crippen LogP contribution in [0.4, 0.5) is 11.4 Å². The molecule has 1 fully saturated rings. The molecule has 1 saturated heterocycles. The van der Waals surface area contributed by atoms with Crippen LogP contribution < -0.4 is 20.7 Å². The third-order valence-electron chi connectivity index (χ3n) is 5.88. The molecule has 1 aliphatic heterocycles. The van der Waals surface area contributed by atoms with Gasteiger partial charge < -0.3 is 20.7 Å². The fourth-order valence-electron chi connectivity index (χ4n) is 4.33. The number of nitrogens with zero attached hydrogens (tertiary/aromatic N) is 2. The standard InChI is InChI=1S/C23H30N4O/c1-28-20-9-5-8-19(14-20)27-13-12-17(16-27)15-25-23(24)26-22-11-4-7-18-6-2-3-10-21(18)22/h4-5,7-9,11,14,17H,2-3,6,10,12-13,15-16H2,1H3,(H3,24,25,26). The fourth-order valence-corrected chi connectivity index (χ4v) is 4.33. The summed E-state index contributed by atoms with van der Waals surface area (Å²) in [7, 11) is 1.71. The van der Waals surface area contributed by atoms with Crippen LogP contribution in [0.2, 0.25) is 0 Å². The Morgan fingerprint density at radius 2 is 2.07 bits per heavy atom. The molecule has 5 heteroatoms. The molecule has 0 saturated carbocycles. The topological polar surface area (TPSA) is 62.9 Å². The molecule has 28 heavy (non-hydrogen) atoms. The van der Waals surface area contributed by atoms with E-state index >= 15 is 0 Å². The van der Waals surface area contributed by atoms with Crippen molar-refractivity contribution in [3.63, 3.8) is 0 Å². The number of aryl methyl sites for hydroxylation is 1. The van der Waals surface area contributed by atoms with Crippen LogP contribution in [0.25, 0.3) is 0 Å². The van der Waals surface area contributed by atoms with Gasteiger partial charge in [-0.15, -0.1) is 0 Å². The van der Waals surface area contributed by atoms with E-state index in [0.29, 0.717) is 11.9 Å². The Labute approximate surface area is 167 Å². The van der Waals surface area contributed by atoms with Gasteiger partial charge in [-0.05, 0) is 67.3 Å². The molecule has 1 atom stereocenters. The molecule has 0 spiro atoms. The number of rotatable bonds is 5. The molecule has 2 aliphatic rings. The van der Waals surface area contributed by atoms with E-state index in [4.69, 9.17) is 10.5 Å². The van der Waals surface area contributed by atoms with Crippen molar-refractivity contribution in [2.24, 2.45) is 16.6 Å². The van der Waals surface area contributed by atoms with Gasteiger partial charge in [-0.1, -0.05) is 18.2 Å². The summed E-state index contributed by atoms with van der Waals surface area (Å²) in [5.41, 5.74) is 11.4. The van der Waals surface area contributed by atoms with Gasteiger partial charge in [0.2, 0.25) is 0 Å². The average Bonchev–Trinajstić information content (AvgIpc) is 3.22. The van der Waals surface area contributed by atoms with Crippen LogP contribution in [-0.4, -0.2) is 32.7 Å². The van der Waals surface area contributed by atoms with Gasteiger partial charge in [-0.25, -0.2) is 0 Å². The molecule has 148 valence electrons. The summed E-state index contributed by atoms with van der Waals surface area (Å²) < 4.78 is 5.34. The lowest BCUT2D eigenvalue weighted by Gasteiger charge is -2.20. The first-order valence-corrected chi connectivity index (χ1v) is 10.3. The highest BCUT2D eigenvalue weighted by Crippen LogP contribution is 2.28. The summed E-state index contributed by atoms with van der Waals surface area (Å²) in [4.78, 5) is 7.05. The third-order valence-corrected chi connectivity index (χ3v) is 5.88. The number of fused-ring (bicyclic) bond motifs is 1. The number of hydrogen-bond acceptors (Lipinski definition) is 3. The molecule has 2 aromatic rings. The van der Waals surface area contributed by atoms with Gasteiger partial charge in [0.05, 0.1) is 7.11 Å². The van der Waals surface area contributed by atoms with Crippen molar-refractivity contribution in [2.75, 3.05) is 37.0 Å². The number of hydrogen-bond donors (Lipinski definition) is 2. The summed E-state index contributed by atoms with van der Waals surface area (Å²) in [6.07, 6.45) is 5.97. The number of methoxy groups -OCH3 is 1. The highest BCUT2D eigenvalue weighted by molar-refractivity contribution is 5.93. The van der Waals surface area contributed by atoms with E-state index in [-0.39, 0.29) is 0 Å². The minimum Gasteiger partial charge on any atom is -0.497 e. The van der Waals surface area contributed by atoms with E-state index in [2.05, 4.69) is 45.5 Å². The molecule has 4 rings (SSSR count). The molecule has 1 heterocycles. The summed E-state index contributed by atoms with van der Waals surface area (Å²) in [6.45, 7) is 2.81. The van der Waals surface area contributed by atoms with E-state index in [1.165, 1.54) is 36.1 Å². The Kier molecular flexibility index (Phi) is 5.70. The van der Waals surface area contributed by atoms with Gasteiger partial charge in [0.15, 0.2) is 5.96 Å². The van der Waals surface area contributed by atoms with Crippen molar-refractivity contribution < 1.29 is 4.74 Å². The SMILES string of the molecule is COc1cccc(N2CCC(CN=C(N)Nc3cccc4c3CCCC4)C2)c1. The quantitative estimate of drug-likeness (QED) is 0.613. The number of nitrogens with one attached hydrogen (secondary N) is 1. The minimum atomic E-state index is 0.524. The molecule has 0 bridgehead atoms. The number of aliphatic imine (C=N–C) groups is 1. The lowest BCUT2D eigenvalue weighted by molar-refractivity contribution is 0.415. The smallest absolute Gasteiger partial charge is 0.193 e. The molecule has 5 nitrogen and oxygen atoms in total. The predicted octanol–water partition coefficient (Wildman–Crippen LogP) is 3.83. The summed E-state index contributed by atoms with van der Waals surface area (Å²) >= 11 is 0. The molecule has 0 amide bonds. The van der Waals surface area contributed by atoms with E-state index < -0.39 is 0 Å². The van der Waals surface area contributed by atoms with Crippen LogP contribution >= 0.6 is 0 Å². The van der Waals surface area contributed by atoms with Crippen molar-refractivity contribution in [1.82, 2.24) is 0 Å². The van der Waals surface area contributed by atoms with Crippen molar-refractivity contribution >= 4 is 17.3 Å². The van der Waals surface area contributed by atoms with Gasteiger partial charge in [-0.2, -0.15) is 0 Å². The zero-order valence-corrected chi connectivity index (χ0v) is 16.7. The van der Waals surface area contributed by atoms with Crippen molar-refractivity contribution in [1.29, 1.82) is 0 Å². The lowest BCUT2D eigenvalue weighted by Crippen LogP contribution is -2.26. The number of anilines is 2. The molecule has 0 radical (unpaired) electrons. The number of nitrogens with two attached hydrogens (primary N) is 1. The zero-order valence-electron chi connectivity index (χ0n) is 16.7. The molecular formula is C23H30N4O. The maximum atomic E-state index is 6.21. The highest BCUT2D eigenvalue weighted by Gasteiger charge is 2.23. The summed E-state index contributed by atoms with van der Waals surface area (Å²) in [5.74, 6) is 1.95. The second-order valence-electron chi connectivity index (χ2n) is 7.80. The van der Waals surface area contributed by atoms with E-state index in [1.54, 1.807) is 7.11 Å². The zero-order chi connectivity index (χ0) is 19.3. The molecule has 2 aromatic carbocycles. The fraction of sp³-hybridized carbons (Fsp3) is 0.435. The van der Waals surface area contributed by atoms with Crippen LogP contribution in [0.5, 0.6) is 5.75 Å². The van der Waals surface area contributed by atoms with Crippen molar-refractivity contribution in [2.45, 2.75) is 32.1 Å². The van der Waals surface area contributed by atoms with E-state index in [9.17, 15) is 0 Å². The van der Waals surface area contributed by atoms with E-state index in [0.717, 1.165) is 43.9 Å². The Morgan fingerprint density at radius 3 is 2.96 bits per heavy atom. The molecular weight excluding hydrogens is 348 g/mol. The molecule has 1 unspecified atom stereocenters. The number of guanidine groups is 1. The van der Waals surface area contributed by atoms with Crippen molar-refractivity contribution in [3.05, 3.63) is 53.6 Å². The van der Waals surface area contributed by atoms with Gasteiger partial charge >= 0.3 is 0 Å². The second-order valence-corrected chi connectivity index (χ2v) is 7.80. The highest BCUT2D eigenvalue weighted by atomic mass is 16.5. The average molecular weight is 379 g/mol. The van der Waals surface area contributed by atoms with Crippen LogP contribution in [0.15, 0.2) is 47.5 Å². The largest absolute Gasteiger partial charge is 0.497 e. The first-order valence-electron chi connectivity index (χ1n) is 10.3. The van der Waals surface area contributed by atoms with Crippen LogP contribution in [0.3, 0.4) is 0 Å². The van der Waals surface area contributed by atoms with Crippen LogP contribution in [-0.2, 0) is 12.8 Å². The monoisotopic (exact) mass is 378 g/mol. The third kappa shape index (κ3) is 4.24. The maximum absolute atomic E-state index is 6.21. The first kappa shape index (κ1) is 18.7. The molecule has 0 aromatic heterocycles. The molecule has 1 aliphatic carbocycles. The number of benzene rings is 2. The van der Waals surface area contributed by atoms with Crippen LogP contribution in [0, 0.1) is 5.92 Å². The lowest BCUT2D eigenvalue weighted by atomic mass is 9.90. The summed E-state index contributed by atoms with van der Waals surface area (Å²) in [6, 6.07) is 14.7. The Bertz CT molecular complexity index is 848. The minimum absolute atomic E-state index is 0.524. The second kappa shape index (κ2) is 8.55. The van der Waals surface area contributed by atoms with E-state index in [1.807, 2.05) is 12.1 Å². The van der Waals surface area contributed by atoms with Gasteiger partial charge in [0.1, 0.15) is 5.75 Å². The Hall–Kier alpha value is -2.69.